The minimum absolute atomic E-state index is 0.123. The lowest BCUT2D eigenvalue weighted by Crippen LogP contribution is -2.27. The molecule has 0 saturated carbocycles. The number of carbonyl (C=O) groups excluding carboxylic acids is 1. The first kappa shape index (κ1) is 19.5. The van der Waals surface area contributed by atoms with Gasteiger partial charge in [0.25, 0.3) is 5.91 Å². The van der Waals surface area contributed by atoms with Crippen LogP contribution in [-0.4, -0.2) is 46.4 Å². The van der Waals surface area contributed by atoms with Gasteiger partial charge >= 0.3 is 0 Å². The molecule has 3 rings (SSSR count). The van der Waals surface area contributed by atoms with Crippen molar-refractivity contribution in [2.75, 3.05) is 24.7 Å². The van der Waals surface area contributed by atoms with Gasteiger partial charge in [-0.05, 0) is 55.3 Å². The first-order chi connectivity index (χ1) is 12.7. The van der Waals surface area contributed by atoms with Crippen LogP contribution in [0.15, 0.2) is 58.3 Å². The zero-order valence-electron chi connectivity index (χ0n) is 14.8. The van der Waals surface area contributed by atoms with E-state index in [1.807, 2.05) is 0 Å². The Balaban J connectivity index is 1.79. The fourth-order valence-electron chi connectivity index (χ4n) is 2.87. The maximum atomic E-state index is 12.6. The summed E-state index contributed by atoms with van der Waals surface area (Å²) in [7, 11) is -6.91. The van der Waals surface area contributed by atoms with E-state index >= 15 is 0 Å². The van der Waals surface area contributed by atoms with E-state index in [1.54, 1.807) is 12.1 Å². The lowest BCUT2D eigenvalue weighted by molar-refractivity contribution is 0.102. The second-order valence-electron chi connectivity index (χ2n) is 6.39. The monoisotopic (exact) mass is 408 g/mol. The van der Waals surface area contributed by atoms with Crippen LogP contribution >= 0.6 is 0 Å². The summed E-state index contributed by atoms with van der Waals surface area (Å²) in [6, 6.07) is 11.7. The first-order valence-electron chi connectivity index (χ1n) is 8.40. The van der Waals surface area contributed by atoms with Crippen LogP contribution in [0.25, 0.3) is 0 Å². The number of carbonyl (C=O) groups is 1. The Morgan fingerprint density at radius 3 is 2.15 bits per heavy atom. The summed E-state index contributed by atoms with van der Waals surface area (Å²) in [6.07, 6.45) is 2.78. The maximum absolute atomic E-state index is 12.6. The number of nitrogens with one attached hydrogen (secondary N) is 1. The third kappa shape index (κ3) is 4.37. The highest BCUT2D eigenvalue weighted by molar-refractivity contribution is 7.90. The molecule has 0 atom stereocenters. The highest BCUT2D eigenvalue weighted by Crippen LogP contribution is 2.23. The van der Waals surface area contributed by atoms with Gasteiger partial charge in [-0.3, -0.25) is 4.79 Å². The van der Waals surface area contributed by atoms with Gasteiger partial charge in [0, 0.05) is 30.6 Å². The first-order valence-corrected chi connectivity index (χ1v) is 11.7. The van der Waals surface area contributed by atoms with Gasteiger partial charge in [-0.2, -0.15) is 4.31 Å². The van der Waals surface area contributed by atoms with Crippen molar-refractivity contribution < 1.29 is 21.6 Å². The minimum atomic E-state index is -3.57. The highest BCUT2D eigenvalue weighted by atomic mass is 32.2. The molecule has 144 valence electrons. The molecule has 0 spiro atoms. The zero-order chi connectivity index (χ0) is 19.7. The van der Waals surface area contributed by atoms with E-state index in [9.17, 15) is 21.6 Å². The van der Waals surface area contributed by atoms with E-state index in [0.717, 1.165) is 19.1 Å². The lowest BCUT2D eigenvalue weighted by Gasteiger charge is -2.16. The molecule has 1 aliphatic rings. The fraction of sp³-hybridized carbons (Fsp3) is 0.278. The third-order valence-electron chi connectivity index (χ3n) is 4.34. The lowest BCUT2D eigenvalue weighted by atomic mass is 10.2. The second-order valence-corrected chi connectivity index (χ2v) is 10.3. The van der Waals surface area contributed by atoms with Crippen molar-refractivity contribution in [3.8, 4) is 0 Å². The smallest absolute Gasteiger partial charge is 0.255 e. The molecule has 7 nitrogen and oxygen atoms in total. The fourth-order valence-corrected chi connectivity index (χ4v) is 5.06. The summed E-state index contributed by atoms with van der Waals surface area (Å²) in [5.74, 6) is -0.453. The van der Waals surface area contributed by atoms with Crippen LogP contribution in [0, 0.1) is 0 Å². The number of sulfone groups is 1. The highest BCUT2D eigenvalue weighted by Gasteiger charge is 2.27. The van der Waals surface area contributed by atoms with Crippen molar-refractivity contribution in [3.05, 3.63) is 54.1 Å². The Morgan fingerprint density at radius 2 is 1.56 bits per heavy atom. The van der Waals surface area contributed by atoms with Crippen molar-refractivity contribution in [3.63, 3.8) is 0 Å². The predicted octanol–water partition coefficient (Wildman–Crippen LogP) is 2.13. The molecule has 1 saturated heterocycles. The van der Waals surface area contributed by atoms with Crippen molar-refractivity contribution >= 4 is 31.5 Å². The van der Waals surface area contributed by atoms with Gasteiger partial charge in [0.2, 0.25) is 10.0 Å². The number of benzene rings is 2. The number of anilines is 1. The molecule has 27 heavy (non-hydrogen) atoms. The average Bonchev–Trinajstić information content (AvgIpc) is 3.17. The van der Waals surface area contributed by atoms with E-state index in [4.69, 9.17) is 0 Å². The van der Waals surface area contributed by atoms with Crippen LogP contribution in [0.4, 0.5) is 5.69 Å². The van der Waals surface area contributed by atoms with Crippen molar-refractivity contribution in [1.82, 2.24) is 4.31 Å². The Kier molecular flexibility index (Phi) is 5.36. The van der Waals surface area contributed by atoms with Gasteiger partial charge < -0.3 is 5.32 Å². The number of amides is 1. The zero-order valence-corrected chi connectivity index (χ0v) is 16.4. The molecular weight excluding hydrogens is 388 g/mol. The van der Waals surface area contributed by atoms with E-state index in [1.165, 1.54) is 40.7 Å². The van der Waals surface area contributed by atoms with Crippen LogP contribution in [0.1, 0.15) is 23.2 Å². The Labute approximate surface area is 159 Å². The molecule has 0 bridgehead atoms. The normalized spacial score (nSPS) is 15.6. The molecule has 1 amide bonds. The molecule has 0 unspecified atom stereocenters. The molecule has 1 N–H and O–H groups in total. The van der Waals surface area contributed by atoms with E-state index in [0.29, 0.717) is 18.8 Å². The van der Waals surface area contributed by atoms with Gasteiger partial charge in [-0.25, -0.2) is 16.8 Å². The largest absolute Gasteiger partial charge is 0.322 e. The maximum Gasteiger partial charge on any atom is 0.255 e. The van der Waals surface area contributed by atoms with Crippen LogP contribution in [0.5, 0.6) is 0 Å². The Bertz CT molecular complexity index is 1060. The van der Waals surface area contributed by atoms with Crippen molar-refractivity contribution in [2.45, 2.75) is 22.6 Å². The van der Waals surface area contributed by atoms with Crippen LogP contribution in [-0.2, 0) is 19.9 Å². The summed E-state index contributed by atoms with van der Waals surface area (Å²) in [5.41, 5.74) is 0.627. The molecule has 0 aromatic heterocycles. The molecule has 2 aromatic carbocycles. The third-order valence-corrected chi connectivity index (χ3v) is 7.36. The predicted molar refractivity (Wildman–Crippen MR) is 102 cm³/mol. The van der Waals surface area contributed by atoms with E-state index < -0.39 is 25.8 Å². The summed E-state index contributed by atoms with van der Waals surface area (Å²) < 4.78 is 49.7. The van der Waals surface area contributed by atoms with Gasteiger partial charge in [-0.1, -0.05) is 6.07 Å². The average molecular weight is 409 g/mol. The summed E-state index contributed by atoms with van der Waals surface area (Å²) in [4.78, 5) is 12.6. The van der Waals surface area contributed by atoms with E-state index in [-0.39, 0.29) is 15.4 Å². The second kappa shape index (κ2) is 7.41. The molecule has 1 fully saturated rings. The van der Waals surface area contributed by atoms with Crippen molar-refractivity contribution in [2.24, 2.45) is 0 Å². The van der Waals surface area contributed by atoms with Gasteiger partial charge in [0.15, 0.2) is 9.84 Å². The van der Waals surface area contributed by atoms with Crippen LogP contribution in [0.3, 0.4) is 0 Å². The molecular formula is C18H20N2O5S2. The molecule has 2 aromatic rings. The number of sulfonamides is 1. The topological polar surface area (TPSA) is 101 Å². The summed E-state index contributed by atoms with van der Waals surface area (Å²) >= 11 is 0. The molecule has 0 aliphatic carbocycles. The van der Waals surface area contributed by atoms with Crippen molar-refractivity contribution in [1.29, 1.82) is 0 Å². The number of nitrogens with zero attached hydrogens (tertiary/aromatic N) is 1. The minimum Gasteiger partial charge on any atom is -0.322 e. The van der Waals surface area contributed by atoms with Crippen LogP contribution in [0.2, 0.25) is 0 Å². The number of hydrogen-bond acceptors (Lipinski definition) is 5. The molecule has 1 aliphatic heterocycles. The quantitative estimate of drug-likeness (QED) is 0.817. The van der Waals surface area contributed by atoms with Gasteiger partial charge in [0.05, 0.1) is 9.79 Å². The summed E-state index contributed by atoms with van der Waals surface area (Å²) in [5, 5.41) is 2.65. The summed E-state index contributed by atoms with van der Waals surface area (Å²) in [6.45, 7) is 1.01. The standard InChI is InChI=1S/C18H20N2O5S2/c1-26(22,23)16-9-7-14(8-10-16)18(21)19-15-5-4-6-17(13-15)27(24,25)20-11-2-3-12-20/h4-10,13H,2-3,11-12H2,1H3,(H,19,21). The van der Waals surface area contributed by atoms with Crippen LogP contribution < -0.4 is 5.32 Å². The SMILES string of the molecule is CS(=O)(=O)c1ccc(C(=O)Nc2cccc(S(=O)(=O)N3CCCC3)c2)cc1. The number of hydrogen-bond donors (Lipinski definition) is 1. The molecule has 1 heterocycles. The Hall–Kier alpha value is -2.23. The molecule has 9 heteroatoms. The number of rotatable bonds is 5. The van der Waals surface area contributed by atoms with Gasteiger partial charge in [0.1, 0.15) is 0 Å². The van der Waals surface area contributed by atoms with E-state index in [2.05, 4.69) is 5.32 Å². The molecule has 0 radical (unpaired) electrons. The Morgan fingerprint density at radius 1 is 0.926 bits per heavy atom. The van der Waals surface area contributed by atoms with Gasteiger partial charge in [-0.15, -0.1) is 0 Å².